The molecule has 1 aromatic carbocycles. The Hall–Kier alpha value is -2.24. The van der Waals surface area contributed by atoms with Gasteiger partial charge < -0.3 is 21.2 Å². The maximum absolute atomic E-state index is 10.8. The third-order valence-electron chi connectivity index (χ3n) is 2.18. The van der Waals surface area contributed by atoms with Gasteiger partial charge in [0, 0.05) is 11.8 Å². The minimum Gasteiger partial charge on any atom is -0.423 e. The summed E-state index contributed by atoms with van der Waals surface area (Å²) in [7, 11) is 0. The number of carbonyl (C=O) groups is 1. The van der Waals surface area contributed by atoms with E-state index in [1.807, 2.05) is 0 Å². The molecular formula is C10H12N4O2. The Morgan fingerprint density at radius 3 is 3.00 bits per heavy atom. The number of rotatable bonds is 3. The number of benzene rings is 1. The zero-order chi connectivity index (χ0) is 11.7. The van der Waals surface area contributed by atoms with Crippen LogP contribution in [0, 0.1) is 0 Å². The zero-order valence-electron chi connectivity index (χ0n) is 8.73. The summed E-state index contributed by atoms with van der Waals surface area (Å²) in [6.07, 6.45) is 0. The van der Waals surface area contributed by atoms with E-state index in [1.54, 1.807) is 25.1 Å². The van der Waals surface area contributed by atoms with Gasteiger partial charge >= 0.3 is 0 Å². The SMILES string of the molecule is CC(Nc1nc2ccc(N)cc2o1)C(N)=O. The van der Waals surface area contributed by atoms with Crippen LogP contribution >= 0.6 is 0 Å². The summed E-state index contributed by atoms with van der Waals surface area (Å²) in [4.78, 5) is 15.0. The fourth-order valence-electron chi connectivity index (χ4n) is 1.26. The molecule has 1 aromatic heterocycles. The van der Waals surface area contributed by atoms with Gasteiger partial charge in [-0.15, -0.1) is 0 Å². The second-order valence-electron chi connectivity index (χ2n) is 3.51. The molecule has 1 heterocycles. The molecule has 6 nitrogen and oxygen atoms in total. The van der Waals surface area contributed by atoms with E-state index in [2.05, 4.69) is 10.3 Å². The van der Waals surface area contributed by atoms with Gasteiger partial charge in [0.2, 0.25) is 5.91 Å². The van der Waals surface area contributed by atoms with E-state index in [1.165, 1.54) is 0 Å². The van der Waals surface area contributed by atoms with Crippen LogP contribution in [-0.4, -0.2) is 16.9 Å². The highest BCUT2D eigenvalue weighted by Crippen LogP contribution is 2.21. The van der Waals surface area contributed by atoms with Gasteiger partial charge in [-0.1, -0.05) is 0 Å². The van der Waals surface area contributed by atoms with Crippen molar-refractivity contribution in [2.45, 2.75) is 13.0 Å². The van der Waals surface area contributed by atoms with Crippen molar-refractivity contribution in [3.8, 4) is 0 Å². The van der Waals surface area contributed by atoms with E-state index >= 15 is 0 Å². The Morgan fingerprint density at radius 1 is 1.56 bits per heavy atom. The van der Waals surface area contributed by atoms with Crippen molar-refractivity contribution in [2.24, 2.45) is 5.73 Å². The van der Waals surface area contributed by atoms with Crippen molar-refractivity contribution in [3.05, 3.63) is 18.2 Å². The van der Waals surface area contributed by atoms with E-state index in [9.17, 15) is 4.79 Å². The van der Waals surface area contributed by atoms with Crippen molar-refractivity contribution in [3.63, 3.8) is 0 Å². The van der Waals surface area contributed by atoms with E-state index < -0.39 is 11.9 Å². The number of carbonyl (C=O) groups excluding carboxylic acids is 1. The van der Waals surface area contributed by atoms with Gasteiger partial charge in [-0.05, 0) is 19.1 Å². The number of anilines is 2. The molecule has 84 valence electrons. The molecule has 0 radical (unpaired) electrons. The number of nitrogen functional groups attached to an aromatic ring is 1. The second kappa shape index (κ2) is 3.73. The fraction of sp³-hybridized carbons (Fsp3) is 0.200. The standard InChI is InChI=1S/C10H12N4O2/c1-5(9(12)15)13-10-14-7-3-2-6(11)4-8(7)16-10/h2-5H,11H2,1H3,(H2,12,15)(H,13,14). The maximum atomic E-state index is 10.8. The first-order valence-corrected chi connectivity index (χ1v) is 4.78. The Kier molecular flexibility index (Phi) is 2.40. The molecule has 2 aromatic rings. The number of hydrogen-bond donors (Lipinski definition) is 3. The largest absolute Gasteiger partial charge is 0.423 e. The minimum atomic E-state index is -0.537. The van der Waals surface area contributed by atoms with Crippen molar-refractivity contribution in [1.82, 2.24) is 4.98 Å². The van der Waals surface area contributed by atoms with Crippen LogP contribution in [0.15, 0.2) is 22.6 Å². The molecule has 5 N–H and O–H groups in total. The highest BCUT2D eigenvalue weighted by Gasteiger charge is 2.12. The molecule has 0 spiro atoms. The Balaban J connectivity index is 2.29. The van der Waals surface area contributed by atoms with Crippen LogP contribution in [0.25, 0.3) is 11.1 Å². The highest BCUT2D eigenvalue weighted by molar-refractivity contribution is 5.83. The average molecular weight is 220 g/mol. The van der Waals surface area contributed by atoms with Crippen molar-refractivity contribution >= 4 is 28.7 Å². The lowest BCUT2D eigenvalue weighted by Crippen LogP contribution is -2.32. The molecule has 0 saturated heterocycles. The van der Waals surface area contributed by atoms with Gasteiger partial charge in [0.05, 0.1) is 0 Å². The Bertz CT molecular complexity index is 535. The van der Waals surface area contributed by atoms with Gasteiger partial charge in [-0.2, -0.15) is 4.98 Å². The lowest BCUT2D eigenvalue weighted by Gasteiger charge is -2.05. The first kappa shape index (κ1) is 10.3. The van der Waals surface area contributed by atoms with Crippen molar-refractivity contribution < 1.29 is 9.21 Å². The number of oxazole rings is 1. The summed E-state index contributed by atoms with van der Waals surface area (Å²) in [6.45, 7) is 1.63. The molecule has 1 unspecified atom stereocenters. The van der Waals surface area contributed by atoms with Gasteiger partial charge in [0.15, 0.2) is 5.58 Å². The minimum absolute atomic E-state index is 0.256. The molecule has 2 rings (SSSR count). The van der Waals surface area contributed by atoms with Crippen LogP contribution in [0.4, 0.5) is 11.7 Å². The Labute approximate surface area is 91.6 Å². The maximum Gasteiger partial charge on any atom is 0.296 e. The summed E-state index contributed by atoms with van der Waals surface area (Å²) < 4.78 is 5.36. The topological polar surface area (TPSA) is 107 Å². The lowest BCUT2D eigenvalue weighted by molar-refractivity contribution is -0.118. The number of amides is 1. The molecular weight excluding hydrogens is 208 g/mol. The molecule has 0 aliphatic heterocycles. The van der Waals surface area contributed by atoms with E-state index in [-0.39, 0.29) is 6.01 Å². The van der Waals surface area contributed by atoms with Crippen LogP contribution in [0.2, 0.25) is 0 Å². The second-order valence-corrected chi connectivity index (χ2v) is 3.51. The molecule has 6 heteroatoms. The van der Waals surface area contributed by atoms with Gasteiger partial charge in [0.1, 0.15) is 11.6 Å². The lowest BCUT2D eigenvalue weighted by atomic mass is 10.3. The van der Waals surface area contributed by atoms with Crippen molar-refractivity contribution in [1.29, 1.82) is 0 Å². The van der Waals surface area contributed by atoms with E-state index in [0.29, 0.717) is 16.8 Å². The van der Waals surface area contributed by atoms with Gasteiger partial charge in [-0.25, -0.2) is 0 Å². The number of nitrogens with one attached hydrogen (secondary N) is 1. The number of hydrogen-bond acceptors (Lipinski definition) is 5. The smallest absolute Gasteiger partial charge is 0.296 e. The van der Waals surface area contributed by atoms with Crippen LogP contribution in [0.3, 0.4) is 0 Å². The van der Waals surface area contributed by atoms with E-state index in [0.717, 1.165) is 0 Å². The molecule has 0 saturated carbocycles. The summed E-state index contributed by atoms with van der Waals surface area (Å²) in [5.74, 6) is -0.471. The van der Waals surface area contributed by atoms with Gasteiger partial charge in [-0.3, -0.25) is 4.79 Å². The van der Waals surface area contributed by atoms with Crippen LogP contribution in [-0.2, 0) is 4.79 Å². The van der Waals surface area contributed by atoms with Crippen LogP contribution < -0.4 is 16.8 Å². The average Bonchev–Trinajstić information content (AvgIpc) is 2.58. The Morgan fingerprint density at radius 2 is 2.31 bits per heavy atom. The molecule has 1 amide bonds. The van der Waals surface area contributed by atoms with E-state index in [4.69, 9.17) is 15.9 Å². The van der Waals surface area contributed by atoms with Crippen molar-refractivity contribution in [2.75, 3.05) is 11.1 Å². The zero-order valence-corrected chi connectivity index (χ0v) is 8.73. The normalized spacial score (nSPS) is 12.6. The molecule has 1 atom stereocenters. The predicted molar refractivity (Wildman–Crippen MR) is 60.7 cm³/mol. The fourth-order valence-corrected chi connectivity index (χ4v) is 1.26. The monoisotopic (exact) mass is 220 g/mol. The van der Waals surface area contributed by atoms with Crippen LogP contribution in [0.1, 0.15) is 6.92 Å². The number of aromatic nitrogens is 1. The first-order chi connectivity index (χ1) is 7.56. The first-order valence-electron chi connectivity index (χ1n) is 4.78. The molecule has 0 fully saturated rings. The number of fused-ring (bicyclic) bond motifs is 1. The van der Waals surface area contributed by atoms with Gasteiger partial charge in [0.25, 0.3) is 6.01 Å². The molecule has 0 bridgehead atoms. The highest BCUT2D eigenvalue weighted by atomic mass is 16.4. The summed E-state index contributed by atoms with van der Waals surface area (Å²) in [5.41, 5.74) is 12.6. The third-order valence-corrected chi connectivity index (χ3v) is 2.18. The number of nitrogens with two attached hydrogens (primary N) is 2. The quantitative estimate of drug-likeness (QED) is 0.660. The summed E-state index contributed by atoms with van der Waals surface area (Å²) >= 11 is 0. The van der Waals surface area contributed by atoms with Crippen LogP contribution in [0.5, 0.6) is 0 Å². The summed E-state index contributed by atoms with van der Waals surface area (Å²) in [6, 6.07) is 4.86. The molecule has 16 heavy (non-hydrogen) atoms. The predicted octanol–water partition coefficient (Wildman–Crippen LogP) is 0.696. The third kappa shape index (κ3) is 1.90. The molecule has 0 aliphatic rings. The summed E-state index contributed by atoms with van der Waals surface area (Å²) in [5, 5.41) is 2.76. The number of nitrogens with zero attached hydrogens (tertiary/aromatic N) is 1. The number of primary amides is 1. The molecule has 0 aliphatic carbocycles.